The Balaban J connectivity index is 4.06. The highest BCUT2D eigenvalue weighted by Crippen LogP contribution is 2.13. The van der Waals surface area contributed by atoms with Crippen LogP contribution in [0.15, 0.2) is 0 Å². The average Bonchev–Trinajstić information content (AvgIpc) is 2.25. The number of carbonyl (C=O) groups is 2. The number of esters is 1. The van der Waals surface area contributed by atoms with Crippen molar-refractivity contribution in [1.29, 1.82) is 0 Å². The molecule has 0 aliphatic heterocycles. The molecular weight excluding hydrogens is 242 g/mol. The van der Waals surface area contributed by atoms with Crippen LogP contribution >= 0.6 is 11.6 Å². The van der Waals surface area contributed by atoms with E-state index in [2.05, 4.69) is 12.2 Å². The first-order valence-corrected chi connectivity index (χ1v) is 6.50. The van der Waals surface area contributed by atoms with E-state index >= 15 is 0 Å². The number of hydrogen-bond donors (Lipinski definition) is 1. The number of amides is 1. The third-order valence-corrected chi connectivity index (χ3v) is 2.75. The number of carbonyl (C=O) groups excluding carboxylic acids is 2. The molecule has 0 radical (unpaired) electrons. The lowest BCUT2D eigenvalue weighted by molar-refractivity contribution is -0.150. The summed E-state index contributed by atoms with van der Waals surface area (Å²) in [5, 5.41) is 2.44. The lowest BCUT2D eigenvalue weighted by atomic mass is 10.1. The van der Waals surface area contributed by atoms with Gasteiger partial charge in [-0.05, 0) is 18.8 Å². The number of unbranched alkanes of at least 4 members (excludes halogenated alkanes) is 2. The van der Waals surface area contributed by atoms with Gasteiger partial charge in [-0.25, -0.2) is 4.79 Å². The highest BCUT2D eigenvalue weighted by atomic mass is 35.5. The molecule has 0 heterocycles. The summed E-state index contributed by atoms with van der Waals surface area (Å²) in [6, 6.07) is -0.625. The number of ether oxygens (including phenoxy) is 1. The lowest BCUT2D eigenvalue weighted by Crippen LogP contribution is -2.42. The zero-order chi connectivity index (χ0) is 13.3. The fourth-order valence-electron chi connectivity index (χ4n) is 1.42. The van der Waals surface area contributed by atoms with Crippen LogP contribution in [0.4, 0.5) is 0 Å². The molecule has 0 unspecified atom stereocenters. The highest BCUT2D eigenvalue weighted by Gasteiger charge is 2.24. The van der Waals surface area contributed by atoms with E-state index in [-0.39, 0.29) is 5.92 Å². The summed E-state index contributed by atoms with van der Waals surface area (Å²) in [6.45, 7) is 5.77. The van der Waals surface area contributed by atoms with E-state index in [4.69, 9.17) is 16.3 Å². The zero-order valence-corrected chi connectivity index (χ0v) is 11.5. The molecule has 0 spiro atoms. The van der Waals surface area contributed by atoms with E-state index in [1.807, 2.05) is 13.8 Å². The quantitative estimate of drug-likeness (QED) is 0.301. The minimum atomic E-state index is -0.625. The van der Waals surface area contributed by atoms with Crippen molar-refractivity contribution in [1.82, 2.24) is 5.32 Å². The molecule has 0 aliphatic carbocycles. The van der Waals surface area contributed by atoms with Crippen molar-refractivity contribution in [3.8, 4) is 0 Å². The van der Waals surface area contributed by atoms with Crippen LogP contribution in [0, 0.1) is 5.92 Å². The standard InChI is InChI=1S/C12H22ClNO3/c1-4-5-6-7-10(13)17-12(16)11(9(2)3)14-8-15/h8-11H,4-7H2,1-3H3,(H,14,15)/t10-,11-/m0/s1. The van der Waals surface area contributed by atoms with Gasteiger partial charge in [-0.3, -0.25) is 4.79 Å². The summed E-state index contributed by atoms with van der Waals surface area (Å²) < 4.78 is 5.08. The molecule has 0 aromatic heterocycles. The van der Waals surface area contributed by atoms with Crippen molar-refractivity contribution in [3.63, 3.8) is 0 Å². The number of rotatable bonds is 9. The Labute approximate surface area is 108 Å². The van der Waals surface area contributed by atoms with Gasteiger partial charge in [-0.2, -0.15) is 0 Å². The third kappa shape index (κ3) is 7.21. The van der Waals surface area contributed by atoms with Crippen molar-refractivity contribution in [2.24, 2.45) is 5.92 Å². The van der Waals surface area contributed by atoms with Crippen LogP contribution in [0.1, 0.15) is 46.5 Å². The van der Waals surface area contributed by atoms with Gasteiger partial charge in [0.25, 0.3) is 0 Å². The summed E-state index contributed by atoms with van der Waals surface area (Å²) in [5.74, 6) is -0.490. The fourth-order valence-corrected chi connectivity index (χ4v) is 1.66. The summed E-state index contributed by atoms with van der Waals surface area (Å²) >= 11 is 5.90. The molecule has 0 aromatic carbocycles. The maximum atomic E-state index is 11.7. The number of hydrogen-bond acceptors (Lipinski definition) is 3. The first kappa shape index (κ1) is 16.2. The van der Waals surface area contributed by atoms with Crippen molar-refractivity contribution in [2.45, 2.75) is 58.1 Å². The van der Waals surface area contributed by atoms with Gasteiger partial charge in [0.2, 0.25) is 6.41 Å². The van der Waals surface area contributed by atoms with Gasteiger partial charge in [0.15, 0.2) is 5.56 Å². The molecule has 1 N–H and O–H groups in total. The molecule has 0 saturated carbocycles. The fraction of sp³-hybridized carbons (Fsp3) is 0.833. The monoisotopic (exact) mass is 263 g/mol. The predicted molar refractivity (Wildman–Crippen MR) is 67.7 cm³/mol. The van der Waals surface area contributed by atoms with E-state index in [1.54, 1.807) is 0 Å². The SMILES string of the molecule is CCCCC[C@@H](Cl)OC(=O)[C@@H](NC=O)C(C)C. The Hall–Kier alpha value is -0.770. The van der Waals surface area contributed by atoms with E-state index < -0.39 is 17.6 Å². The van der Waals surface area contributed by atoms with Gasteiger partial charge in [-0.15, -0.1) is 0 Å². The molecule has 0 aromatic rings. The van der Waals surface area contributed by atoms with E-state index in [9.17, 15) is 9.59 Å². The minimum Gasteiger partial charge on any atom is -0.444 e. The van der Waals surface area contributed by atoms with Crippen molar-refractivity contribution < 1.29 is 14.3 Å². The summed E-state index contributed by atoms with van der Waals surface area (Å²) in [5.41, 5.74) is -0.608. The van der Waals surface area contributed by atoms with Crippen molar-refractivity contribution in [2.75, 3.05) is 0 Å². The van der Waals surface area contributed by atoms with Crippen LogP contribution < -0.4 is 5.32 Å². The molecule has 0 fully saturated rings. The van der Waals surface area contributed by atoms with Crippen LogP contribution in [-0.4, -0.2) is 24.0 Å². The van der Waals surface area contributed by atoms with Crippen LogP contribution in [0.25, 0.3) is 0 Å². The predicted octanol–water partition coefficient (Wildman–Crippen LogP) is 2.45. The van der Waals surface area contributed by atoms with Crippen LogP contribution in [-0.2, 0) is 14.3 Å². The minimum absolute atomic E-state index is 0.0211. The molecule has 17 heavy (non-hydrogen) atoms. The highest BCUT2D eigenvalue weighted by molar-refractivity contribution is 6.20. The van der Waals surface area contributed by atoms with Crippen LogP contribution in [0.2, 0.25) is 0 Å². The first-order valence-electron chi connectivity index (χ1n) is 6.07. The number of halogens is 1. The third-order valence-electron chi connectivity index (χ3n) is 2.45. The number of alkyl halides is 1. The molecule has 0 saturated heterocycles. The topological polar surface area (TPSA) is 55.4 Å². The van der Waals surface area contributed by atoms with Crippen LogP contribution in [0.5, 0.6) is 0 Å². The maximum absolute atomic E-state index is 11.7. The second-order valence-electron chi connectivity index (χ2n) is 4.35. The van der Waals surface area contributed by atoms with Crippen molar-refractivity contribution in [3.05, 3.63) is 0 Å². The Morgan fingerprint density at radius 3 is 2.53 bits per heavy atom. The van der Waals surface area contributed by atoms with Gasteiger partial charge in [-0.1, -0.05) is 45.2 Å². The molecule has 5 heteroatoms. The molecule has 4 nitrogen and oxygen atoms in total. The summed E-state index contributed by atoms with van der Waals surface area (Å²) in [7, 11) is 0. The normalized spacial score (nSPS) is 14.2. The largest absolute Gasteiger partial charge is 0.444 e. The molecule has 100 valence electrons. The lowest BCUT2D eigenvalue weighted by Gasteiger charge is -2.20. The molecule has 0 aliphatic rings. The van der Waals surface area contributed by atoms with E-state index in [0.29, 0.717) is 12.8 Å². The molecule has 0 rings (SSSR count). The Morgan fingerprint density at radius 1 is 1.41 bits per heavy atom. The summed E-state index contributed by atoms with van der Waals surface area (Å²) in [6.07, 6.45) is 4.25. The van der Waals surface area contributed by atoms with Gasteiger partial charge in [0.1, 0.15) is 6.04 Å². The number of nitrogens with one attached hydrogen (secondary N) is 1. The molecule has 2 atom stereocenters. The molecule has 1 amide bonds. The van der Waals surface area contributed by atoms with Gasteiger partial charge >= 0.3 is 5.97 Å². The molecule has 0 bridgehead atoms. The average molecular weight is 264 g/mol. The zero-order valence-electron chi connectivity index (χ0n) is 10.7. The Kier molecular flexibility index (Phi) is 8.86. The summed E-state index contributed by atoms with van der Waals surface area (Å²) in [4.78, 5) is 22.1. The van der Waals surface area contributed by atoms with E-state index in [1.165, 1.54) is 0 Å². The van der Waals surface area contributed by atoms with Crippen molar-refractivity contribution >= 4 is 24.0 Å². The van der Waals surface area contributed by atoms with Gasteiger partial charge in [0, 0.05) is 0 Å². The van der Waals surface area contributed by atoms with E-state index in [0.717, 1.165) is 19.3 Å². The Bertz CT molecular complexity index is 234. The van der Waals surface area contributed by atoms with Crippen LogP contribution in [0.3, 0.4) is 0 Å². The van der Waals surface area contributed by atoms with Gasteiger partial charge in [0.05, 0.1) is 0 Å². The second kappa shape index (κ2) is 9.28. The smallest absolute Gasteiger partial charge is 0.330 e. The maximum Gasteiger partial charge on any atom is 0.330 e. The first-order chi connectivity index (χ1) is 8.02. The molecular formula is C12H22ClNO3. The Morgan fingerprint density at radius 2 is 2.06 bits per heavy atom. The second-order valence-corrected chi connectivity index (χ2v) is 4.84. The van der Waals surface area contributed by atoms with Gasteiger partial charge < -0.3 is 10.1 Å².